The summed E-state index contributed by atoms with van der Waals surface area (Å²) in [5, 5.41) is 65.5. The van der Waals surface area contributed by atoms with Gasteiger partial charge in [0.25, 0.3) is 0 Å². The van der Waals surface area contributed by atoms with Crippen molar-refractivity contribution in [3.05, 3.63) is 98.3 Å². The Labute approximate surface area is 245 Å². The Morgan fingerprint density at radius 2 is 0.816 bits per heavy atom. The van der Waals surface area contributed by atoms with E-state index in [4.69, 9.17) is 51.2 Å². The minimum absolute atomic E-state index is 0. The molecule has 0 fully saturated rings. The van der Waals surface area contributed by atoms with Crippen molar-refractivity contribution < 1.29 is 52.6 Å². The third-order valence-electron chi connectivity index (χ3n) is 3.79. The smallest absolute Gasteiger partial charge is 0.356 e. The first-order valence-electron chi connectivity index (χ1n) is 9.82. The van der Waals surface area contributed by atoms with E-state index in [0.717, 1.165) is 34.2 Å². The number of nitriles is 1. The summed E-state index contributed by atoms with van der Waals surface area (Å²) in [6.45, 7) is 13.6. The Bertz CT molecular complexity index is 1070. The van der Waals surface area contributed by atoms with Gasteiger partial charge in [0.2, 0.25) is 6.29 Å². The molecule has 0 unspecified atom stereocenters. The van der Waals surface area contributed by atoms with E-state index in [9.17, 15) is 0 Å². The van der Waals surface area contributed by atoms with Gasteiger partial charge in [0.1, 0.15) is 0 Å². The summed E-state index contributed by atoms with van der Waals surface area (Å²) in [7, 11) is 0. The zero-order valence-corrected chi connectivity index (χ0v) is 23.1. The molecule has 3 aromatic rings. The number of aromatic nitrogens is 6. The normalized spacial score (nSPS) is 8.82. The molecule has 0 spiro atoms. The van der Waals surface area contributed by atoms with Gasteiger partial charge in [-0.15, -0.1) is 0 Å². The zero-order valence-electron chi connectivity index (χ0n) is 21.2. The first kappa shape index (κ1) is 38.5. The predicted molar refractivity (Wildman–Crippen MR) is 127 cm³/mol. The maximum Gasteiger partial charge on any atom is 3.00 e. The summed E-state index contributed by atoms with van der Waals surface area (Å²) in [5.74, 6) is 0. The van der Waals surface area contributed by atoms with Gasteiger partial charge in [-0.05, 0) is 59.7 Å². The fourth-order valence-corrected chi connectivity index (χ4v) is 2.95. The van der Waals surface area contributed by atoms with Crippen molar-refractivity contribution in [3.63, 3.8) is 0 Å². The van der Waals surface area contributed by atoms with Crippen LogP contribution in [0.3, 0.4) is 0 Å². The van der Waals surface area contributed by atoms with Crippen LogP contribution < -0.4 is 0 Å². The van der Waals surface area contributed by atoms with E-state index in [2.05, 4.69) is 54.3 Å². The molecule has 0 aliphatic carbocycles. The zero-order chi connectivity index (χ0) is 29.5. The van der Waals surface area contributed by atoms with Gasteiger partial charge < -0.3 is 46.0 Å². The van der Waals surface area contributed by atoms with Gasteiger partial charge in [-0.25, -0.2) is 14.0 Å². The van der Waals surface area contributed by atoms with Crippen molar-refractivity contribution >= 4 is 0 Å². The van der Waals surface area contributed by atoms with Crippen molar-refractivity contribution in [3.8, 4) is 6.07 Å². The molecule has 0 aliphatic rings. The molecule has 3 heterocycles. The van der Waals surface area contributed by atoms with E-state index in [1.807, 2.05) is 34.8 Å². The first-order valence-corrected chi connectivity index (χ1v) is 9.82. The molecule has 3 aromatic heterocycles. The summed E-state index contributed by atoms with van der Waals surface area (Å²) < 4.78 is 5.94. The fourth-order valence-electron chi connectivity index (χ4n) is 2.95. The average molecular weight is 693 g/mol. The van der Waals surface area contributed by atoms with Crippen LogP contribution in [0.15, 0.2) is 18.2 Å². The molecule has 0 aliphatic heterocycles. The molecule has 213 valence electrons. The summed E-state index contributed by atoms with van der Waals surface area (Å²) in [4.78, 5) is 24.8. The first-order chi connectivity index (χ1) is 17.0. The van der Waals surface area contributed by atoms with Crippen molar-refractivity contribution in [2.24, 2.45) is 0 Å². The van der Waals surface area contributed by atoms with Crippen LogP contribution in [-0.2, 0) is 0 Å². The molecular weight excluding hydrogens is 668 g/mol. The Morgan fingerprint density at radius 3 is 0.921 bits per heavy atom. The van der Waals surface area contributed by atoms with E-state index in [1.54, 1.807) is 6.07 Å². The van der Waals surface area contributed by atoms with Crippen LogP contribution >= 0.6 is 0 Å². The number of hydrogen-bond donors (Lipinski definition) is 0. The Balaban J connectivity index is -0.000000638. The number of rotatable bonds is 3. The van der Waals surface area contributed by atoms with Gasteiger partial charge in [-0.1, -0.05) is 0 Å². The van der Waals surface area contributed by atoms with Crippen LogP contribution in [0.25, 0.3) is 0 Å². The minimum atomic E-state index is -1.75. The third kappa shape index (κ3) is 15.9. The Kier molecular flexibility index (Phi) is 19.4. The van der Waals surface area contributed by atoms with E-state index in [-0.39, 0.29) is 43.6 Å². The van der Waals surface area contributed by atoms with E-state index in [0.29, 0.717) is 0 Å². The van der Waals surface area contributed by atoms with Crippen LogP contribution in [0.4, 0.5) is 0 Å². The minimum Gasteiger partial charge on any atom is -0.356 e. The topological polar surface area (TPSA) is 276 Å². The van der Waals surface area contributed by atoms with Crippen molar-refractivity contribution in [2.45, 2.75) is 54.8 Å². The van der Waals surface area contributed by atoms with Gasteiger partial charge >= 0.3 is 37.3 Å². The summed E-state index contributed by atoms with van der Waals surface area (Å²) in [6, 6.07) is 7.97. The molecule has 0 saturated heterocycles. The van der Waals surface area contributed by atoms with Crippen LogP contribution in [-0.4, -0.2) is 44.6 Å². The number of nitrogens with zero attached hydrogens (tertiary/aromatic N) is 10. The molecule has 38 heavy (non-hydrogen) atoms. The number of hydrogen-bond acceptors (Lipinski definition) is 13. The van der Waals surface area contributed by atoms with Gasteiger partial charge in [-0.3, -0.25) is 0 Å². The molecule has 1 radical (unpaired) electrons. The molecule has 0 aromatic carbocycles. The standard InChI is InChI=1S/C16H22N6.C2H3N.Er.3NO3/c1-10-7-13(4)20(17-10)16(21-14(5)8-11(2)18-21)22-15(6)9-12(3)19-22;1-2-3;;3*2-1(3)4/h7-9,16H,1-6H3;1H3;;;;/q;;+3;3*-1. The predicted octanol–water partition coefficient (Wildman–Crippen LogP) is 2.49. The molecule has 0 saturated carbocycles. The SMILES string of the molecule is CC#N.Cc1cc(C)n(C(n2nc(C)cc2C)n2nc(C)cc2C)n1.O=[N+]([O-])[O-].O=[N+]([O-])[O-].O=[N+]([O-])[O-].[Er+3]. The Hall–Kier alpha value is -4.03. The Morgan fingerprint density at radius 1 is 0.658 bits per heavy atom. The molecule has 20 heteroatoms. The molecule has 0 amide bonds. The summed E-state index contributed by atoms with van der Waals surface area (Å²) >= 11 is 0. The van der Waals surface area contributed by atoms with Gasteiger partial charge in [0.05, 0.1) is 38.4 Å². The van der Waals surface area contributed by atoms with Crippen molar-refractivity contribution in [1.82, 2.24) is 29.3 Å². The van der Waals surface area contributed by atoms with Crippen LogP contribution in [0.5, 0.6) is 0 Å². The van der Waals surface area contributed by atoms with Gasteiger partial charge in [0, 0.05) is 24.0 Å². The number of aryl methyl sites for hydroxylation is 6. The molecule has 0 atom stereocenters. The second kappa shape index (κ2) is 19.1. The van der Waals surface area contributed by atoms with Crippen LogP contribution in [0.2, 0.25) is 0 Å². The van der Waals surface area contributed by atoms with E-state index < -0.39 is 15.3 Å². The molecular formula is C18H25ErN10O9. The molecule has 0 bridgehead atoms. The molecule has 3 rings (SSSR count). The monoisotopic (exact) mass is 691 g/mol. The van der Waals surface area contributed by atoms with Crippen molar-refractivity contribution in [2.75, 3.05) is 0 Å². The molecule has 0 N–H and O–H groups in total. The maximum absolute atomic E-state index is 8.25. The maximum atomic E-state index is 8.25. The van der Waals surface area contributed by atoms with Crippen LogP contribution in [0, 0.1) is 136 Å². The quantitative estimate of drug-likeness (QED) is 0.282. The van der Waals surface area contributed by atoms with Gasteiger partial charge in [-0.2, -0.15) is 20.6 Å². The molecule has 19 nitrogen and oxygen atoms in total. The summed E-state index contributed by atoms with van der Waals surface area (Å²) in [5.41, 5.74) is 6.23. The van der Waals surface area contributed by atoms with Crippen LogP contribution in [0.1, 0.15) is 47.4 Å². The average Bonchev–Trinajstić information content (AvgIpc) is 3.32. The second-order valence-corrected chi connectivity index (χ2v) is 6.86. The third-order valence-corrected chi connectivity index (χ3v) is 3.79. The largest absolute Gasteiger partial charge is 3.00 e. The summed E-state index contributed by atoms with van der Waals surface area (Å²) in [6.07, 6.45) is -0.226. The van der Waals surface area contributed by atoms with Crippen molar-refractivity contribution in [1.29, 1.82) is 5.26 Å². The van der Waals surface area contributed by atoms with E-state index >= 15 is 0 Å². The fraction of sp³-hybridized carbons (Fsp3) is 0.444. The van der Waals surface area contributed by atoms with E-state index in [1.165, 1.54) is 6.92 Å². The van der Waals surface area contributed by atoms with Gasteiger partial charge in [0.15, 0.2) is 0 Å². The second-order valence-electron chi connectivity index (χ2n) is 6.86.